The Morgan fingerprint density at radius 3 is 2.33 bits per heavy atom. The van der Waals surface area contributed by atoms with Crippen LogP contribution in [-0.4, -0.2) is 50.7 Å². The van der Waals surface area contributed by atoms with Crippen molar-refractivity contribution in [3.63, 3.8) is 0 Å². The Bertz CT molecular complexity index is 227. The third-order valence-corrected chi connectivity index (χ3v) is 2.19. The van der Waals surface area contributed by atoms with Gasteiger partial charge in [-0.05, 0) is 12.8 Å². The molecule has 0 aliphatic carbocycles. The summed E-state index contributed by atoms with van der Waals surface area (Å²) in [4.78, 5) is 11.4. The lowest BCUT2D eigenvalue weighted by atomic mass is 10.1. The number of hydrogen-bond acceptors (Lipinski definition) is 5. The minimum absolute atomic E-state index is 0.0114. The van der Waals surface area contributed by atoms with E-state index in [0.717, 1.165) is 12.8 Å². The molecule has 5 nitrogen and oxygen atoms in total. The average molecular weight is 260 g/mol. The lowest BCUT2D eigenvalue weighted by Crippen LogP contribution is -2.14. The summed E-state index contributed by atoms with van der Waals surface area (Å²) in [5.74, 6) is -0.344. The van der Waals surface area contributed by atoms with E-state index in [-0.39, 0.29) is 19.2 Å². The van der Waals surface area contributed by atoms with Crippen molar-refractivity contribution in [3.05, 3.63) is 12.2 Å². The van der Waals surface area contributed by atoms with Crippen molar-refractivity contribution in [2.24, 2.45) is 0 Å². The molecule has 0 heterocycles. The van der Waals surface area contributed by atoms with E-state index in [1.165, 1.54) is 0 Å². The third kappa shape index (κ3) is 10.3. The number of carbonyl (C=O) groups excluding carboxylic acids is 1. The van der Waals surface area contributed by atoms with E-state index >= 15 is 0 Å². The molecule has 0 saturated carbocycles. The fraction of sp³-hybridized carbons (Fsp3) is 0.769. The molecule has 0 rings (SSSR count). The Morgan fingerprint density at radius 2 is 1.72 bits per heavy atom. The monoisotopic (exact) mass is 260 g/mol. The quantitative estimate of drug-likeness (QED) is 0.325. The van der Waals surface area contributed by atoms with E-state index in [1.807, 2.05) is 0 Å². The maximum absolute atomic E-state index is 11.4. The van der Waals surface area contributed by atoms with Crippen molar-refractivity contribution in [1.82, 2.24) is 0 Å². The van der Waals surface area contributed by atoms with Crippen LogP contribution in [0, 0.1) is 0 Å². The van der Waals surface area contributed by atoms with Gasteiger partial charge in [-0.3, -0.25) is 0 Å². The smallest absolute Gasteiger partial charge is 0.333 e. The summed E-state index contributed by atoms with van der Waals surface area (Å²) in [5.41, 5.74) is 0.517. The van der Waals surface area contributed by atoms with Gasteiger partial charge in [0, 0.05) is 5.57 Å². The van der Waals surface area contributed by atoms with Crippen LogP contribution in [0.5, 0.6) is 0 Å². The van der Waals surface area contributed by atoms with Crippen LogP contribution in [0.4, 0.5) is 0 Å². The average Bonchev–Trinajstić information content (AvgIpc) is 2.38. The predicted molar refractivity (Wildman–Crippen MR) is 68.3 cm³/mol. The van der Waals surface area contributed by atoms with Gasteiger partial charge in [0.05, 0.1) is 33.0 Å². The molecule has 0 spiro atoms. The van der Waals surface area contributed by atoms with Crippen molar-refractivity contribution in [1.29, 1.82) is 0 Å². The SMILES string of the molecule is C=C(CCCC)C(=O)OCCOCCOCCO. The van der Waals surface area contributed by atoms with Gasteiger partial charge in [0.25, 0.3) is 0 Å². The van der Waals surface area contributed by atoms with Crippen LogP contribution in [0.3, 0.4) is 0 Å². The highest BCUT2D eigenvalue weighted by molar-refractivity contribution is 5.87. The van der Waals surface area contributed by atoms with E-state index in [0.29, 0.717) is 38.4 Å². The molecule has 106 valence electrons. The molecule has 0 unspecified atom stereocenters. The highest BCUT2D eigenvalue weighted by Crippen LogP contribution is 2.06. The maximum atomic E-state index is 11.4. The Labute approximate surface area is 109 Å². The normalized spacial score (nSPS) is 10.3. The molecule has 0 atom stereocenters. The van der Waals surface area contributed by atoms with Gasteiger partial charge in [-0.15, -0.1) is 0 Å². The summed E-state index contributed by atoms with van der Waals surface area (Å²) in [6.45, 7) is 7.49. The largest absolute Gasteiger partial charge is 0.460 e. The van der Waals surface area contributed by atoms with Crippen LogP contribution in [0.2, 0.25) is 0 Å². The van der Waals surface area contributed by atoms with Crippen LogP contribution < -0.4 is 0 Å². The first-order valence-electron chi connectivity index (χ1n) is 6.33. The number of aliphatic hydroxyl groups excluding tert-OH is 1. The third-order valence-electron chi connectivity index (χ3n) is 2.19. The minimum Gasteiger partial charge on any atom is -0.460 e. The van der Waals surface area contributed by atoms with Crippen LogP contribution >= 0.6 is 0 Å². The predicted octanol–water partition coefficient (Wildman–Crippen LogP) is 1.30. The minimum atomic E-state index is -0.344. The second kappa shape index (κ2) is 12.5. The number of esters is 1. The van der Waals surface area contributed by atoms with Gasteiger partial charge in [0.1, 0.15) is 6.61 Å². The summed E-state index contributed by atoms with van der Waals surface area (Å²) in [5, 5.41) is 8.45. The van der Waals surface area contributed by atoms with Crippen LogP contribution in [0.25, 0.3) is 0 Å². The Kier molecular flexibility index (Phi) is 11.9. The number of unbranched alkanes of at least 4 members (excludes halogenated alkanes) is 1. The maximum Gasteiger partial charge on any atom is 0.333 e. The van der Waals surface area contributed by atoms with Crippen molar-refractivity contribution >= 4 is 5.97 Å². The van der Waals surface area contributed by atoms with E-state index in [2.05, 4.69) is 13.5 Å². The van der Waals surface area contributed by atoms with Gasteiger partial charge in [-0.25, -0.2) is 4.79 Å². The van der Waals surface area contributed by atoms with Crippen LogP contribution in [0.15, 0.2) is 12.2 Å². The lowest BCUT2D eigenvalue weighted by Gasteiger charge is -2.07. The first-order valence-corrected chi connectivity index (χ1v) is 6.33. The highest BCUT2D eigenvalue weighted by Gasteiger charge is 2.07. The van der Waals surface area contributed by atoms with Crippen molar-refractivity contribution < 1.29 is 24.1 Å². The van der Waals surface area contributed by atoms with E-state index in [9.17, 15) is 4.79 Å². The number of hydrogen-bond donors (Lipinski definition) is 1. The number of ether oxygens (including phenoxy) is 3. The molecule has 5 heteroatoms. The molecule has 0 aliphatic heterocycles. The van der Waals surface area contributed by atoms with Crippen LogP contribution in [0.1, 0.15) is 26.2 Å². The molecule has 0 saturated heterocycles. The zero-order chi connectivity index (χ0) is 13.6. The molecule has 0 fully saturated rings. The molecule has 1 N–H and O–H groups in total. The fourth-order valence-corrected chi connectivity index (χ4v) is 1.17. The first-order chi connectivity index (χ1) is 8.72. The van der Waals surface area contributed by atoms with Crippen molar-refractivity contribution in [2.75, 3.05) is 39.6 Å². The Balaban J connectivity index is 3.32. The summed E-state index contributed by atoms with van der Waals surface area (Å²) in [6, 6.07) is 0. The first kappa shape index (κ1) is 17.1. The summed E-state index contributed by atoms with van der Waals surface area (Å²) < 4.78 is 15.2. The topological polar surface area (TPSA) is 65.0 Å². The van der Waals surface area contributed by atoms with Gasteiger partial charge >= 0.3 is 5.97 Å². The molecule has 0 radical (unpaired) electrons. The van der Waals surface area contributed by atoms with Crippen molar-refractivity contribution in [3.8, 4) is 0 Å². The standard InChI is InChI=1S/C13H24O5/c1-3-4-5-12(2)13(15)18-11-10-17-9-8-16-7-6-14/h14H,2-11H2,1H3. The Hall–Kier alpha value is -0.910. The number of rotatable bonds is 12. The highest BCUT2D eigenvalue weighted by atomic mass is 16.6. The van der Waals surface area contributed by atoms with Gasteiger partial charge in [-0.2, -0.15) is 0 Å². The molecular weight excluding hydrogens is 236 g/mol. The second-order valence-electron chi connectivity index (χ2n) is 3.79. The molecule has 0 amide bonds. The van der Waals surface area contributed by atoms with Crippen LogP contribution in [-0.2, 0) is 19.0 Å². The molecule has 0 aromatic carbocycles. The molecule has 0 aromatic heterocycles. The zero-order valence-corrected chi connectivity index (χ0v) is 11.2. The Morgan fingerprint density at radius 1 is 1.11 bits per heavy atom. The van der Waals surface area contributed by atoms with Gasteiger partial charge in [-0.1, -0.05) is 19.9 Å². The number of carbonyl (C=O) groups is 1. The second-order valence-corrected chi connectivity index (χ2v) is 3.79. The van der Waals surface area contributed by atoms with E-state index < -0.39 is 0 Å². The summed E-state index contributed by atoms with van der Waals surface area (Å²) in [7, 11) is 0. The van der Waals surface area contributed by atoms with Gasteiger partial charge < -0.3 is 19.3 Å². The summed E-state index contributed by atoms with van der Waals surface area (Å²) >= 11 is 0. The van der Waals surface area contributed by atoms with E-state index in [1.54, 1.807) is 0 Å². The molecular formula is C13H24O5. The molecule has 0 aliphatic rings. The van der Waals surface area contributed by atoms with Gasteiger partial charge in [0.15, 0.2) is 0 Å². The number of aliphatic hydroxyl groups is 1. The van der Waals surface area contributed by atoms with Gasteiger partial charge in [0.2, 0.25) is 0 Å². The molecule has 18 heavy (non-hydrogen) atoms. The molecule has 0 aromatic rings. The molecule has 0 bridgehead atoms. The summed E-state index contributed by atoms with van der Waals surface area (Å²) in [6.07, 6.45) is 2.67. The van der Waals surface area contributed by atoms with Crippen molar-refractivity contribution in [2.45, 2.75) is 26.2 Å². The van der Waals surface area contributed by atoms with E-state index in [4.69, 9.17) is 19.3 Å². The lowest BCUT2D eigenvalue weighted by molar-refractivity contribution is -0.140. The fourth-order valence-electron chi connectivity index (χ4n) is 1.17. The zero-order valence-electron chi connectivity index (χ0n) is 11.2.